The van der Waals surface area contributed by atoms with Crippen LogP contribution in [0.3, 0.4) is 0 Å². The maximum absolute atomic E-state index is 13.0. The Kier molecular flexibility index (Phi) is 4.54. The topological polar surface area (TPSA) is 120 Å². The van der Waals surface area contributed by atoms with Crippen molar-refractivity contribution >= 4 is 16.9 Å². The summed E-state index contributed by atoms with van der Waals surface area (Å²) in [6.45, 7) is 5.21. The third-order valence-electron chi connectivity index (χ3n) is 5.36. The van der Waals surface area contributed by atoms with Crippen LogP contribution in [0.25, 0.3) is 22.7 Å². The minimum atomic E-state index is -0.308. The van der Waals surface area contributed by atoms with Gasteiger partial charge in [-0.25, -0.2) is 15.0 Å². The van der Waals surface area contributed by atoms with E-state index in [2.05, 4.69) is 25.1 Å². The van der Waals surface area contributed by atoms with E-state index in [1.165, 1.54) is 0 Å². The van der Waals surface area contributed by atoms with Crippen molar-refractivity contribution in [1.29, 1.82) is 0 Å². The number of hydrogen-bond donors (Lipinski definition) is 0. The zero-order valence-electron chi connectivity index (χ0n) is 17.0. The summed E-state index contributed by atoms with van der Waals surface area (Å²) < 4.78 is 7.16. The fourth-order valence-electron chi connectivity index (χ4n) is 3.63. The number of hydrogen-bond acceptors (Lipinski definition) is 8. The van der Waals surface area contributed by atoms with Crippen LogP contribution in [0.5, 0.6) is 0 Å². The molecule has 0 saturated carbocycles. The van der Waals surface area contributed by atoms with Crippen LogP contribution in [-0.2, 0) is 6.54 Å². The van der Waals surface area contributed by atoms with E-state index >= 15 is 0 Å². The molecular weight excluding hydrogens is 398 g/mol. The van der Waals surface area contributed by atoms with Gasteiger partial charge in [-0.05, 0) is 32.0 Å². The SMILES string of the molecule is CCn1cc(C(=O)N2CC(c3nc(-c4ncccn4)no3)C2)c(=O)c2ccc(C)nc21. The molecule has 1 amide bonds. The molecule has 5 heterocycles. The number of aryl methyl sites for hydroxylation is 2. The van der Waals surface area contributed by atoms with Gasteiger partial charge >= 0.3 is 0 Å². The minimum absolute atomic E-state index is 0.0907. The smallest absolute Gasteiger partial charge is 0.259 e. The van der Waals surface area contributed by atoms with E-state index in [9.17, 15) is 9.59 Å². The normalized spacial score (nSPS) is 14.1. The highest BCUT2D eigenvalue weighted by Crippen LogP contribution is 2.28. The van der Waals surface area contributed by atoms with Gasteiger partial charge in [0.15, 0.2) is 0 Å². The molecule has 4 aromatic rings. The van der Waals surface area contributed by atoms with Gasteiger partial charge in [0, 0.05) is 43.9 Å². The number of nitrogens with zero attached hydrogens (tertiary/aromatic N) is 7. The highest BCUT2D eigenvalue weighted by molar-refractivity contribution is 5.97. The van der Waals surface area contributed by atoms with E-state index in [4.69, 9.17) is 4.52 Å². The first-order chi connectivity index (χ1) is 15.0. The number of pyridine rings is 2. The van der Waals surface area contributed by atoms with E-state index in [0.29, 0.717) is 48.2 Å². The van der Waals surface area contributed by atoms with Gasteiger partial charge in [-0.1, -0.05) is 5.16 Å². The molecule has 0 radical (unpaired) electrons. The van der Waals surface area contributed by atoms with Crippen LogP contribution in [0.15, 0.2) is 46.1 Å². The Morgan fingerprint density at radius 3 is 2.68 bits per heavy atom. The second-order valence-corrected chi connectivity index (χ2v) is 7.42. The predicted molar refractivity (Wildman–Crippen MR) is 110 cm³/mol. The first-order valence-corrected chi connectivity index (χ1v) is 9.96. The summed E-state index contributed by atoms with van der Waals surface area (Å²) in [4.78, 5) is 44.6. The van der Waals surface area contributed by atoms with Crippen LogP contribution in [0, 0.1) is 6.92 Å². The van der Waals surface area contributed by atoms with Crippen LogP contribution < -0.4 is 5.43 Å². The Balaban J connectivity index is 1.37. The maximum atomic E-state index is 13.0. The third kappa shape index (κ3) is 3.25. The largest absolute Gasteiger partial charge is 0.338 e. The zero-order valence-corrected chi connectivity index (χ0v) is 17.0. The lowest BCUT2D eigenvalue weighted by Crippen LogP contribution is -2.49. The number of amides is 1. The third-order valence-corrected chi connectivity index (χ3v) is 5.36. The molecule has 0 N–H and O–H groups in total. The predicted octanol–water partition coefficient (Wildman–Crippen LogP) is 1.80. The Labute approximate surface area is 176 Å². The van der Waals surface area contributed by atoms with Crippen molar-refractivity contribution in [1.82, 2.24) is 34.6 Å². The lowest BCUT2D eigenvalue weighted by Gasteiger charge is -2.37. The molecular formula is C21H19N7O3. The van der Waals surface area contributed by atoms with Crippen molar-refractivity contribution in [3.63, 3.8) is 0 Å². The molecule has 0 unspecified atom stereocenters. The highest BCUT2D eigenvalue weighted by atomic mass is 16.5. The highest BCUT2D eigenvalue weighted by Gasteiger charge is 2.37. The van der Waals surface area contributed by atoms with Crippen molar-refractivity contribution in [3.05, 3.63) is 64.2 Å². The van der Waals surface area contributed by atoms with Crippen LogP contribution in [-0.4, -0.2) is 53.6 Å². The Hall–Kier alpha value is -3.95. The first-order valence-electron chi connectivity index (χ1n) is 9.96. The van der Waals surface area contributed by atoms with Crippen LogP contribution in [0.4, 0.5) is 0 Å². The van der Waals surface area contributed by atoms with Gasteiger partial charge in [0.2, 0.25) is 23.0 Å². The Morgan fingerprint density at radius 2 is 1.94 bits per heavy atom. The average Bonchev–Trinajstić information content (AvgIpc) is 3.23. The maximum Gasteiger partial charge on any atom is 0.259 e. The van der Waals surface area contributed by atoms with Crippen LogP contribution in [0.2, 0.25) is 0 Å². The van der Waals surface area contributed by atoms with Gasteiger partial charge in [0.1, 0.15) is 11.2 Å². The number of carbonyl (C=O) groups excluding carboxylic acids is 1. The molecule has 10 heteroatoms. The van der Waals surface area contributed by atoms with Crippen molar-refractivity contribution in [3.8, 4) is 11.6 Å². The van der Waals surface area contributed by atoms with Gasteiger partial charge < -0.3 is 14.0 Å². The molecule has 0 aromatic carbocycles. The Morgan fingerprint density at radius 1 is 1.16 bits per heavy atom. The minimum Gasteiger partial charge on any atom is -0.338 e. The first kappa shape index (κ1) is 19.0. The lowest BCUT2D eigenvalue weighted by atomic mass is 9.98. The summed E-state index contributed by atoms with van der Waals surface area (Å²) in [5.74, 6) is 0.716. The molecule has 31 heavy (non-hydrogen) atoms. The molecule has 156 valence electrons. The van der Waals surface area contributed by atoms with Crippen molar-refractivity contribution in [2.24, 2.45) is 0 Å². The fourth-order valence-corrected chi connectivity index (χ4v) is 3.63. The van der Waals surface area contributed by atoms with Crippen molar-refractivity contribution < 1.29 is 9.32 Å². The molecule has 0 atom stereocenters. The molecule has 5 rings (SSSR count). The molecule has 0 bridgehead atoms. The van der Waals surface area contributed by atoms with E-state index in [1.54, 1.807) is 41.7 Å². The quantitative estimate of drug-likeness (QED) is 0.493. The number of likely N-dealkylation sites (tertiary alicyclic amines) is 1. The molecule has 1 saturated heterocycles. The molecule has 10 nitrogen and oxygen atoms in total. The molecule has 1 aliphatic rings. The van der Waals surface area contributed by atoms with Crippen molar-refractivity contribution in [2.75, 3.05) is 13.1 Å². The summed E-state index contributed by atoms with van der Waals surface area (Å²) in [6, 6.07) is 5.21. The van der Waals surface area contributed by atoms with E-state index < -0.39 is 0 Å². The molecule has 0 spiro atoms. The summed E-state index contributed by atoms with van der Waals surface area (Å²) in [5, 5.41) is 4.36. The van der Waals surface area contributed by atoms with E-state index in [-0.39, 0.29) is 22.8 Å². The average molecular weight is 417 g/mol. The Bertz CT molecular complexity index is 1340. The lowest BCUT2D eigenvalue weighted by molar-refractivity contribution is 0.0567. The number of carbonyl (C=O) groups is 1. The monoisotopic (exact) mass is 417 g/mol. The summed E-state index contributed by atoms with van der Waals surface area (Å²) in [5.41, 5.74) is 1.25. The van der Waals surface area contributed by atoms with Gasteiger partial charge in [-0.3, -0.25) is 9.59 Å². The molecule has 1 fully saturated rings. The van der Waals surface area contributed by atoms with Crippen LogP contribution in [0.1, 0.15) is 34.8 Å². The van der Waals surface area contributed by atoms with Crippen LogP contribution >= 0.6 is 0 Å². The summed E-state index contributed by atoms with van der Waals surface area (Å²) in [7, 11) is 0. The van der Waals surface area contributed by atoms with Gasteiger partial charge in [0.25, 0.3) is 5.91 Å². The standard InChI is InChI=1S/C21H19N7O3/c1-3-27-11-15(16(29)14-6-5-12(2)24-19(14)27)21(30)28-9-13(10-28)20-25-18(26-31-20)17-22-7-4-8-23-17/h4-8,11,13H,3,9-10H2,1-2H3. The zero-order chi connectivity index (χ0) is 21.5. The molecule has 1 aliphatic heterocycles. The summed E-state index contributed by atoms with van der Waals surface area (Å²) >= 11 is 0. The fraction of sp³-hybridized carbons (Fsp3) is 0.286. The van der Waals surface area contributed by atoms with E-state index in [0.717, 1.165) is 5.69 Å². The second kappa shape index (κ2) is 7.38. The number of rotatable bonds is 4. The summed E-state index contributed by atoms with van der Waals surface area (Å²) in [6.07, 6.45) is 4.81. The van der Waals surface area contributed by atoms with Gasteiger partial charge in [-0.2, -0.15) is 4.98 Å². The second-order valence-electron chi connectivity index (χ2n) is 7.42. The van der Waals surface area contributed by atoms with Gasteiger partial charge in [0.05, 0.1) is 11.3 Å². The number of fused-ring (bicyclic) bond motifs is 1. The molecule has 0 aliphatic carbocycles. The van der Waals surface area contributed by atoms with Crippen molar-refractivity contribution in [2.45, 2.75) is 26.3 Å². The number of aromatic nitrogens is 6. The van der Waals surface area contributed by atoms with Gasteiger partial charge in [-0.15, -0.1) is 0 Å². The van der Waals surface area contributed by atoms with E-state index in [1.807, 2.05) is 18.4 Å². The molecule has 4 aromatic heterocycles.